The Morgan fingerprint density at radius 1 is 0.391 bits per heavy atom. The van der Waals surface area contributed by atoms with E-state index >= 15 is 0 Å². The molecule has 0 amide bonds. The summed E-state index contributed by atoms with van der Waals surface area (Å²) in [5.41, 5.74) is 17.0. The van der Waals surface area contributed by atoms with E-state index < -0.39 is 0 Å². The Kier molecular flexibility index (Phi) is 9.27. The lowest BCUT2D eigenvalue weighted by Gasteiger charge is -2.14. The standard InChI is InChI=1S/C60H41N3O/c1-5-16-40(17-6-1)44-24-13-25-47(36-44)54-28-15-27-53(43-22-11-4-12-23-43)61-60(62-54)51-26-14-29-57-59(51)50-34-32-48(39-58(50)64-57)63-55-35-31-45(41-18-7-2-8-19-41)37-52(55)49-33-30-46(38-56(49)63)42-20-9-3-10-21-42/h1-14,16-27,29-39H,15,28H2. The van der Waals surface area contributed by atoms with Gasteiger partial charge in [-0.15, -0.1) is 0 Å². The maximum absolute atomic E-state index is 6.83. The molecule has 0 spiro atoms. The number of aromatic nitrogens is 1. The van der Waals surface area contributed by atoms with Crippen molar-refractivity contribution < 1.29 is 4.42 Å². The average Bonchev–Trinajstić information content (AvgIpc) is 3.90. The van der Waals surface area contributed by atoms with Gasteiger partial charge in [0.25, 0.3) is 0 Å². The summed E-state index contributed by atoms with van der Waals surface area (Å²) in [6, 6.07) is 77.5. The molecule has 0 saturated heterocycles. The molecule has 4 heteroatoms. The number of fused-ring (bicyclic) bond motifs is 6. The number of aliphatic imine (C=N–C) groups is 2. The lowest BCUT2D eigenvalue weighted by atomic mass is 9.98. The first-order chi connectivity index (χ1) is 31.7. The van der Waals surface area contributed by atoms with Gasteiger partial charge < -0.3 is 8.98 Å². The van der Waals surface area contributed by atoms with E-state index in [1.165, 1.54) is 38.6 Å². The Hall–Kier alpha value is -8.34. The minimum absolute atomic E-state index is 0.664. The molecular formula is C60H41N3O. The van der Waals surface area contributed by atoms with Gasteiger partial charge in [-0.1, -0.05) is 176 Å². The van der Waals surface area contributed by atoms with Crippen molar-refractivity contribution in [2.45, 2.75) is 12.8 Å². The van der Waals surface area contributed by atoms with Crippen LogP contribution in [0.15, 0.2) is 239 Å². The number of furan rings is 1. The Labute approximate surface area is 371 Å². The molecule has 0 radical (unpaired) electrons. The van der Waals surface area contributed by atoms with Gasteiger partial charge in [0.05, 0.1) is 22.4 Å². The van der Waals surface area contributed by atoms with Gasteiger partial charge in [0, 0.05) is 38.9 Å². The average molecular weight is 820 g/mol. The maximum Gasteiger partial charge on any atom is 0.160 e. The van der Waals surface area contributed by atoms with Crippen LogP contribution >= 0.6 is 0 Å². The van der Waals surface area contributed by atoms with Crippen LogP contribution in [0.2, 0.25) is 0 Å². The molecule has 1 aliphatic rings. The highest BCUT2D eigenvalue weighted by Gasteiger charge is 2.21. The second-order valence-electron chi connectivity index (χ2n) is 16.4. The molecule has 0 bridgehead atoms. The molecule has 0 fully saturated rings. The number of amidine groups is 1. The summed E-state index contributed by atoms with van der Waals surface area (Å²) in [7, 11) is 0. The van der Waals surface area contributed by atoms with Crippen molar-refractivity contribution in [3.8, 4) is 39.1 Å². The predicted octanol–water partition coefficient (Wildman–Crippen LogP) is 15.8. The third-order valence-electron chi connectivity index (χ3n) is 12.5. The molecule has 9 aromatic carbocycles. The SMILES string of the molecule is C1=C(c2ccccc2)N=C(c2cccc3oc4cc(-n5c6ccc(-c7ccccc7)cc6c6ccc(-c7ccccc7)cc65)ccc4c23)N=C(c2cccc(-c3ccccc3)c2)CC1. The topological polar surface area (TPSA) is 42.8 Å². The quantitative estimate of drug-likeness (QED) is 0.158. The zero-order chi connectivity index (χ0) is 42.4. The monoisotopic (exact) mass is 819 g/mol. The number of benzene rings is 9. The van der Waals surface area contributed by atoms with Gasteiger partial charge in [0.1, 0.15) is 11.2 Å². The van der Waals surface area contributed by atoms with Crippen molar-refractivity contribution >= 4 is 61.0 Å². The van der Waals surface area contributed by atoms with Crippen molar-refractivity contribution in [3.05, 3.63) is 241 Å². The molecular weight excluding hydrogens is 779 g/mol. The highest BCUT2D eigenvalue weighted by atomic mass is 16.3. The van der Waals surface area contributed by atoms with Crippen LogP contribution < -0.4 is 0 Å². The summed E-state index contributed by atoms with van der Waals surface area (Å²) < 4.78 is 9.21. The number of hydrogen-bond donors (Lipinski definition) is 0. The summed E-state index contributed by atoms with van der Waals surface area (Å²) in [6.45, 7) is 0. The van der Waals surface area contributed by atoms with Gasteiger partial charge in [-0.05, 0) is 99.8 Å². The summed E-state index contributed by atoms with van der Waals surface area (Å²) in [4.78, 5) is 10.9. The van der Waals surface area contributed by atoms with Crippen LogP contribution in [0.5, 0.6) is 0 Å². The highest BCUT2D eigenvalue weighted by molar-refractivity contribution is 6.23. The minimum Gasteiger partial charge on any atom is -0.456 e. The molecule has 12 rings (SSSR count). The third kappa shape index (κ3) is 6.73. The normalized spacial score (nSPS) is 13.2. The van der Waals surface area contributed by atoms with E-state index in [0.717, 1.165) is 85.2 Å². The Bertz CT molecular complexity index is 3630. The molecule has 0 aliphatic carbocycles. The Morgan fingerprint density at radius 3 is 1.70 bits per heavy atom. The lowest BCUT2D eigenvalue weighted by Crippen LogP contribution is -2.09. The first kappa shape index (κ1) is 37.4. The van der Waals surface area contributed by atoms with Crippen LogP contribution in [0.25, 0.3) is 88.5 Å². The Balaban J connectivity index is 1.03. The minimum atomic E-state index is 0.664. The first-order valence-electron chi connectivity index (χ1n) is 21.9. The van der Waals surface area contributed by atoms with E-state index in [4.69, 9.17) is 14.4 Å². The van der Waals surface area contributed by atoms with Gasteiger partial charge in [-0.2, -0.15) is 0 Å². The second kappa shape index (κ2) is 15.8. The molecule has 3 heterocycles. The molecule has 0 unspecified atom stereocenters. The van der Waals surface area contributed by atoms with E-state index in [1.807, 2.05) is 6.07 Å². The molecule has 2 aromatic heterocycles. The largest absolute Gasteiger partial charge is 0.456 e. The summed E-state index contributed by atoms with van der Waals surface area (Å²) in [5, 5.41) is 4.42. The van der Waals surface area contributed by atoms with Crippen molar-refractivity contribution in [1.29, 1.82) is 0 Å². The highest BCUT2D eigenvalue weighted by Crippen LogP contribution is 2.40. The number of hydrogen-bond acceptors (Lipinski definition) is 3. The van der Waals surface area contributed by atoms with Crippen LogP contribution in [0.1, 0.15) is 29.5 Å². The van der Waals surface area contributed by atoms with Crippen LogP contribution in [-0.4, -0.2) is 16.1 Å². The van der Waals surface area contributed by atoms with Crippen molar-refractivity contribution in [1.82, 2.24) is 4.57 Å². The van der Waals surface area contributed by atoms with E-state index in [9.17, 15) is 0 Å². The maximum atomic E-state index is 6.83. The van der Waals surface area contributed by atoms with Crippen molar-refractivity contribution in [2.75, 3.05) is 0 Å². The Morgan fingerprint density at radius 2 is 0.984 bits per heavy atom. The van der Waals surface area contributed by atoms with E-state index in [1.54, 1.807) is 0 Å². The summed E-state index contributed by atoms with van der Waals surface area (Å²) in [6.07, 6.45) is 3.85. The van der Waals surface area contributed by atoms with Crippen molar-refractivity contribution in [3.63, 3.8) is 0 Å². The zero-order valence-corrected chi connectivity index (χ0v) is 35.0. The molecule has 0 N–H and O–H groups in total. The second-order valence-corrected chi connectivity index (χ2v) is 16.4. The molecule has 11 aromatic rings. The summed E-state index contributed by atoms with van der Waals surface area (Å²) >= 11 is 0. The van der Waals surface area contributed by atoms with Crippen molar-refractivity contribution in [2.24, 2.45) is 9.98 Å². The fraction of sp³-hybridized carbons (Fsp3) is 0.0333. The van der Waals surface area contributed by atoms with Crippen LogP contribution in [0.4, 0.5) is 0 Å². The molecule has 64 heavy (non-hydrogen) atoms. The molecule has 0 saturated carbocycles. The van der Waals surface area contributed by atoms with E-state index in [0.29, 0.717) is 5.84 Å². The first-order valence-corrected chi connectivity index (χ1v) is 21.9. The third-order valence-corrected chi connectivity index (χ3v) is 12.5. The van der Waals surface area contributed by atoms with E-state index in [2.05, 4.69) is 223 Å². The number of allylic oxidation sites excluding steroid dienone is 1. The number of nitrogens with zero attached hydrogens (tertiary/aromatic N) is 3. The molecule has 302 valence electrons. The van der Waals surface area contributed by atoms with Gasteiger partial charge in [0.15, 0.2) is 5.84 Å². The van der Waals surface area contributed by atoms with Gasteiger partial charge in [-0.3, -0.25) is 0 Å². The zero-order valence-electron chi connectivity index (χ0n) is 35.0. The van der Waals surface area contributed by atoms with Gasteiger partial charge in [-0.25, -0.2) is 9.98 Å². The van der Waals surface area contributed by atoms with Crippen LogP contribution in [-0.2, 0) is 0 Å². The molecule has 1 aliphatic heterocycles. The molecule has 4 nitrogen and oxygen atoms in total. The lowest BCUT2D eigenvalue weighted by molar-refractivity contribution is 0.668. The fourth-order valence-electron chi connectivity index (χ4n) is 9.40. The smallest absolute Gasteiger partial charge is 0.160 e. The predicted molar refractivity (Wildman–Crippen MR) is 268 cm³/mol. The van der Waals surface area contributed by atoms with Gasteiger partial charge in [0.2, 0.25) is 0 Å². The van der Waals surface area contributed by atoms with Crippen LogP contribution in [0.3, 0.4) is 0 Å². The van der Waals surface area contributed by atoms with E-state index in [-0.39, 0.29) is 0 Å². The van der Waals surface area contributed by atoms with Gasteiger partial charge >= 0.3 is 0 Å². The fourth-order valence-corrected chi connectivity index (χ4v) is 9.40. The molecule has 0 atom stereocenters. The summed E-state index contributed by atoms with van der Waals surface area (Å²) in [5.74, 6) is 0.664. The number of rotatable bonds is 7. The van der Waals surface area contributed by atoms with Crippen LogP contribution in [0, 0.1) is 0 Å².